The smallest absolute Gasteiger partial charge is 0.221 e. The average molecular weight is 339 g/mol. The minimum atomic E-state index is -0.0741. The Bertz CT molecular complexity index is 859. The monoisotopic (exact) mass is 338 g/mol. The molecule has 1 N–H and O–H groups in total. The van der Waals surface area contributed by atoms with Crippen molar-refractivity contribution >= 4 is 34.1 Å². The van der Waals surface area contributed by atoms with E-state index in [-0.39, 0.29) is 5.91 Å². The Morgan fingerprint density at radius 2 is 1.88 bits per heavy atom. The van der Waals surface area contributed by atoms with Crippen LogP contribution in [-0.2, 0) is 11.2 Å². The summed E-state index contributed by atoms with van der Waals surface area (Å²) in [5.74, 6) is 0.576. The van der Waals surface area contributed by atoms with Gasteiger partial charge in [-0.15, -0.1) is 11.6 Å². The second-order valence-corrected chi connectivity index (χ2v) is 6.11. The molecule has 0 aliphatic rings. The van der Waals surface area contributed by atoms with Gasteiger partial charge in [0.1, 0.15) is 0 Å². The summed E-state index contributed by atoms with van der Waals surface area (Å²) in [6.07, 6.45) is 1.87. The number of hydrogen-bond acceptors (Lipinski definition) is 2. The second-order valence-electron chi connectivity index (χ2n) is 5.73. The normalized spacial score (nSPS) is 10.8. The highest BCUT2D eigenvalue weighted by Gasteiger charge is 2.08. The van der Waals surface area contributed by atoms with Crippen LogP contribution < -0.4 is 5.32 Å². The quantitative estimate of drug-likeness (QED) is 0.663. The van der Waals surface area contributed by atoms with Gasteiger partial charge in [-0.25, -0.2) is 4.98 Å². The Morgan fingerprint density at radius 1 is 1.12 bits per heavy atom. The van der Waals surface area contributed by atoms with Crippen molar-refractivity contribution < 1.29 is 4.79 Å². The molecular formula is C20H19ClN2O. The summed E-state index contributed by atoms with van der Waals surface area (Å²) in [6, 6.07) is 18.1. The fraction of sp³-hybridized carbons (Fsp3) is 0.200. The van der Waals surface area contributed by atoms with Crippen molar-refractivity contribution in [3.8, 4) is 11.3 Å². The number of pyridine rings is 1. The zero-order valence-electron chi connectivity index (χ0n) is 13.6. The fourth-order valence-electron chi connectivity index (χ4n) is 2.79. The predicted octanol–water partition coefficient (Wildman–Crippen LogP) is 5.03. The number of hydrogen-bond donors (Lipinski definition) is 1. The van der Waals surface area contributed by atoms with E-state index in [1.165, 1.54) is 17.9 Å². The van der Waals surface area contributed by atoms with Crippen molar-refractivity contribution in [1.29, 1.82) is 0 Å². The molecular weight excluding hydrogens is 320 g/mol. The first-order valence-electron chi connectivity index (χ1n) is 8.00. The molecule has 0 fully saturated rings. The van der Waals surface area contributed by atoms with Crippen LogP contribution in [0.4, 0.5) is 5.69 Å². The molecule has 3 aromatic rings. The Balaban J connectivity index is 2.00. The van der Waals surface area contributed by atoms with E-state index in [9.17, 15) is 4.79 Å². The van der Waals surface area contributed by atoms with Gasteiger partial charge >= 0.3 is 0 Å². The van der Waals surface area contributed by atoms with Crippen molar-refractivity contribution in [1.82, 2.24) is 4.98 Å². The van der Waals surface area contributed by atoms with Crippen LogP contribution in [-0.4, -0.2) is 16.8 Å². The van der Waals surface area contributed by atoms with Crippen molar-refractivity contribution in [2.45, 2.75) is 19.8 Å². The van der Waals surface area contributed by atoms with Crippen LogP contribution in [0.2, 0.25) is 0 Å². The lowest BCUT2D eigenvalue weighted by Gasteiger charge is -2.10. The molecule has 0 aliphatic carbocycles. The van der Waals surface area contributed by atoms with Crippen LogP contribution in [0.3, 0.4) is 0 Å². The Labute approximate surface area is 146 Å². The molecule has 0 unspecified atom stereocenters. The molecule has 1 amide bonds. The number of aryl methyl sites for hydroxylation is 1. The molecule has 2 aromatic carbocycles. The molecule has 0 aliphatic heterocycles. The van der Waals surface area contributed by atoms with Gasteiger partial charge < -0.3 is 5.32 Å². The number of carbonyl (C=O) groups is 1. The molecule has 0 radical (unpaired) electrons. The third kappa shape index (κ3) is 3.74. The van der Waals surface area contributed by atoms with E-state index in [1.54, 1.807) is 0 Å². The minimum absolute atomic E-state index is 0.0741. The number of rotatable bonds is 5. The number of carbonyl (C=O) groups excluding carboxylic acids is 1. The van der Waals surface area contributed by atoms with E-state index in [4.69, 9.17) is 16.6 Å². The van der Waals surface area contributed by atoms with Crippen LogP contribution in [0.15, 0.2) is 54.6 Å². The summed E-state index contributed by atoms with van der Waals surface area (Å²) in [6.45, 7) is 1.50. The summed E-state index contributed by atoms with van der Waals surface area (Å²) in [7, 11) is 0. The summed E-state index contributed by atoms with van der Waals surface area (Å²) in [5, 5.41) is 3.96. The van der Waals surface area contributed by atoms with E-state index < -0.39 is 0 Å². The third-order valence-electron chi connectivity index (χ3n) is 3.88. The highest BCUT2D eigenvalue weighted by Crippen LogP contribution is 2.26. The fourth-order valence-corrected chi connectivity index (χ4v) is 2.92. The van der Waals surface area contributed by atoms with Crippen LogP contribution in [0, 0.1) is 0 Å². The number of fused-ring (bicyclic) bond motifs is 1. The maximum atomic E-state index is 11.1. The topological polar surface area (TPSA) is 42.0 Å². The zero-order chi connectivity index (χ0) is 16.9. The lowest BCUT2D eigenvalue weighted by molar-refractivity contribution is -0.114. The van der Waals surface area contributed by atoms with Gasteiger partial charge in [0.2, 0.25) is 5.91 Å². The van der Waals surface area contributed by atoms with Crippen LogP contribution in [0.25, 0.3) is 22.2 Å². The highest BCUT2D eigenvalue weighted by molar-refractivity contribution is 6.17. The maximum absolute atomic E-state index is 11.1. The predicted molar refractivity (Wildman–Crippen MR) is 101 cm³/mol. The molecule has 4 heteroatoms. The number of aromatic nitrogens is 1. The van der Waals surface area contributed by atoms with E-state index in [0.717, 1.165) is 35.3 Å². The molecule has 0 atom stereocenters. The number of amides is 1. The van der Waals surface area contributed by atoms with Crippen molar-refractivity contribution in [3.63, 3.8) is 0 Å². The first-order chi connectivity index (χ1) is 11.7. The van der Waals surface area contributed by atoms with Crippen LogP contribution >= 0.6 is 11.6 Å². The van der Waals surface area contributed by atoms with Crippen LogP contribution in [0.1, 0.15) is 18.9 Å². The summed E-state index contributed by atoms with van der Waals surface area (Å²) in [4.78, 5) is 15.9. The number of halogens is 1. The van der Waals surface area contributed by atoms with Crippen LogP contribution in [0.5, 0.6) is 0 Å². The van der Waals surface area contributed by atoms with Crippen molar-refractivity contribution in [2.24, 2.45) is 0 Å². The summed E-state index contributed by atoms with van der Waals surface area (Å²) < 4.78 is 0. The minimum Gasteiger partial charge on any atom is -0.326 e. The average Bonchev–Trinajstić information content (AvgIpc) is 2.59. The molecule has 1 aromatic heterocycles. The van der Waals surface area contributed by atoms with Gasteiger partial charge in [-0.3, -0.25) is 4.79 Å². The molecule has 3 nitrogen and oxygen atoms in total. The number of nitrogens with zero attached hydrogens (tertiary/aromatic N) is 1. The maximum Gasteiger partial charge on any atom is 0.221 e. The van der Waals surface area contributed by atoms with Gasteiger partial charge in [0.15, 0.2) is 0 Å². The summed E-state index contributed by atoms with van der Waals surface area (Å²) >= 11 is 5.87. The van der Waals surface area contributed by atoms with Gasteiger partial charge in [0, 0.05) is 29.4 Å². The zero-order valence-corrected chi connectivity index (χ0v) is 14.3. The number of anilines is 1. The SMILES string of the molecule is CC(=O)Nc1ccc(-c2cc(CCCCl)c3ccccc3n2)cc1. The lowest BCUT2D eigenvalue weighted by atomic mass is 10.0. The van der Waals surface area contributed by atoms with Gasteiger partial charge in [-0.05, 0) is 42.7 Å². The van der Waals surface area contributed by atoms with Gasteiger partial charge in [0.05, 0.1) is 11.2 Å². The Morgan fingerprint density at radius 3 is 2.58 bits per heavy atom. The van der Waals surface area contributed by atoms with Crippen molar-refractivity contribution in [2.75, 3.05) is 11.2 Å². The second kappa shape index (κ2) is 7.45. The molecule has 3 rings (SSSR count). The number of alkyl halides is 1. The summed E-state index contributed by atoms with van der Waals surface area (Å²) in [5.41, 5.74) is 5.01. The van der Waals surface area contributed by atoms with Gasteiger partial charge in [-0.1, -0.05) is 30.3 Å². The standard InChI is InChI=1S/C20H19ClN2O/c1-14(24)22-17-10-8-15(9-11-17)20-13-16(5-4-12-21)18-6-2-3-7-19(18)23-20/h2-3,6-11,13H,4-5,12H2,1H3,(H,22,24). The lowest BCUT2D eigenvalue weighted by Crippen LogP contribution is -2.05. The van der Waals surface area contributed by atoms with E-state index >= 15 is 0 Å². The third-order valence-corrected chi connectivity index (χ3v) is 4.15. The van der Waals surface area contributed by atoms with Crippen molar-refractivity contribution in [3.05, 3.63) is 60.2 Å². The first-order valence-corrected chi connectivity index (χ1v) is 8.53. The highest BCUT2D eigenvalue weighted by atomic mass is 35.5. The molecule has 122 valence electrons. The number of para-hydroxylation sites is 1. The molecule has 0 bridgehead atoms. The first kappa shape index (κ1) is 16.5. The molecule has 1 heterocycles. The van der Waals surface area contributed by atoms with E-state index in [2.05, 4.69) is 17.4 Å². The molecule has 24 heavy (non-hydrogen) atoms. The van der Waals surface area contributed by atoms with E-state index in [1.807, 2.05) is 42.5 Å². The Hall–Kier alpha value is -2.39. The van der Waals surface area contributed by atoms with E-state index in [0.29, 0.717) is 5.88 Å². The Kier molecular flexibility index (Phi) is 5.11. The number of benzene rings is 2. The molecule has 0 spiro atoms. The molecule has 0 saturated heterocycles. The number of nitrogens with one attached hydrogen (secondary N) is 1. The molecule has 0 saturated carbocycles. The van der Waals surface area contributed by atoms with Gasteiger partial charge in [-0.2, -0.15) is 0 Å². The van der Waals surface area contributed by atoms with Gasteiger partial charge in [0.25, 0.3) is 0 Å². The largest absolute Gasteiger partial charge is 0.326 e.